The lowest BCUT2D eigenvalue weighted by Gasteiger charge is -2.04. The average Bonchev–Trinajstić information content (AvgIpc) is 3.40. The molecule has 1 aromatic carbocycles. The molecular formula is C23H25IN6O2. The highest BCUT2D eigenvalue weighted by Gasteiger charge is 2.12. The fourth-order valence-electron chi connectivity index (χ4n) is 3.46. The first-order valence-electron chi connectivity index (χ1n) is 10.5. The van der Waals surface area contributed by atoms with E-state index in [4.69, 9.17) is 4.42 Å². The molecule has 0 aliphatic heterocycles. The predicted octanol–water partition coefficient (Wildman–Crippen LogP) is 2.91. The molecule has 9 heteroatoms. The van der Waals surface area contributed by atoms with Crippen LogP contribution in [-0.4, -0.2) is 45.1 Å². The van der Waals surface area contributed by atoms with Crippen LogP contribution in [0.25, 0.3) is 11.0 Å². The van der Waals surface area contributed by atoms with Gasteiger partial charge in [0.2, 0.25) is 0 Å². The minimum Gasteiger partial charge on any atom is -0.448 e. The normalized spacial score (nSPS) is 11.2. The van der Waals surface area contributed by atoms with E-state index in [0.29, 0.717) is 37.5 Å². The second kappa shape index (κ2) is 10.7. The Hall–Kier alpha value is -2.79. The summed E-state index contributed by atoms with van der Waals surface area (Å²) < 4.78 is 8.67. The highest BCUT2D eigenvalue weighted by Crippen LogP contribution is 2.14. The highest BCUT2D eigenvalue weighted by atomic mass is 127. The van der Waals surface area contributed by atoms with E-state index in [1.807, 2.05) is 37.4 Å². The van der Waals surface area contributed by atoms with E-state index in [0.717, 1.165) is 39.1 Å². The van der Waals surface area contributed by atoms with Crippen LogP contribution in [0.4, 0.5) is 0 Å². The molecule has 0 aliphatic rings. The zero-order valence-corrected chi connectivity index (χ0v) is 20.0. The number of pyridine rings is 1. The van der Waals surface area contributed by atoms with Crippen molar-refractivity contribution in [1.82, 2.24) is 30.2 Å². The van der Waals surface area contributed by atoms with Crippen LogP contribution in [-0.2, 0) is 26.3 Å². The van der Waals surface area contributed by atoms with Gasteiger partial charge in [0.05, 0.1) is 16.7 Å². The van der Waals surface area contributed by atoms with Crippen molar-refractivity contribution in [2.75, 3.05) is 19.6 Å². The van der Waals surface area contributed by atoms with Crippen LogP contribution in [0.5, 0.6) is 0 Å². The molecule has 0 saturated heterocycles. The zero-order chi connectivity index (χ0) is 22.3. The Morgan fingerprint density at radius 1 is 1.06 bits per heavy atom. The van der Waals surface area contributed by atoms with Gasteiger partial charge in [0.25, 0.3) is 5.91 Å². The van der Waals surface area contributed by atoms with Crippen LogP contribution < -0.4 is 10.6 Å². The maximum Gasteiger partial charge on any atom is 0.273 e. The Labute approximate surface area is 200 Å². The first kappa shape index (κ1) is 22.4. The van der Waals surface area contributed by atoms with Crippen LogP contribution >= 0.6 is 22.6 Å². The number of nitrogens with zero attached hydrogens (tertiary/aromatic N) is 4. The Morgan fingerprint density at radius 3 is 2.75 bits per heavy atom. The summed E-state index contributed by atoms with van der Waals surface area (Å²) in [6, 6.07) is 12.0. The lowest BCUT2D eigenvalue weighted by atomic mass is 10.2. The van der Waals surface area contributed by atoms with Crippen molar-refractivity contribution in [3.63, 3.8) is 0 Å². The standard InChI is InChI=1S/C23H25IN6O2/c1-30-20-7-3-2-6-18(20)28-21(30)9-12-25-13-10-22-29-19(15-32-22)23(31)27-14-8-17-16(24)5-4-11-26-17/h2-7,11,15,25H,8-10,12-14H2,1H3,(H,27,31). The van der Waals surface area contributed by atoms with Crippen molar-refractivity contribution in [1.29, 1.82) is 0 Å². The number of fused-ring (bicyclic) bond motifs is 1. The summed E-state index contributed by atoms with van der Waals surface area (Å²) in [5.41, 5.74) is 3.43. The Bertz CT molecular complexity index is 1200. The Kier molecular flexibility index (Phi) is 7.48. The van der Waals surface area contributed by atoms with Gasteiger partial charge in [-0.15, -0.1) is 0 Å². The molecule has 0 fully saturated rings. The van der Waals surface area contributed by atoms with Gasteiger partial charge in [-0.1, -0.05) is 12.1 Å². The summed E-state index contributed by atoms with van der Waals surface area (Å²) in [7, 11) is 2.04. The van der Waals surface area contributed by atoms with Crippen LogP contribution in [0.15, 0.2) is 53.3 Å². The number of hydrogen-bond acceptors (Lipinski definition) is 6. The predicted molar refractivity (Wildman–Crippen MR) is 130 cm³/mol. The van der Waals surface area contributed by atoms with Gasteiger partial charge in [-0.3, -0.25) is 9.78 Å². The second-order valence-corrected chi connectivity index (χ2v) is 8.55. The fourth-order valence-corrected chi connectivity index (χ4v) is 4.07. The number of aryl methyl sites for hydroxylation is 1. The Morgan fingerprint density at radius 2 is 1.91 bits per heavy atom. The summed E-state index contributed by atoms with van der Waals surface area (Å²) in [6.45, 7) is 2.01. The molecule has 0 unspecified atom stereocenters. The molecule has 0 atom stereocenters. The number of carbonyl (C=O) groups is 1. The van der Waals surface area contributed by atoms with E-state index in [1.54, 1.807) is 6.20 Å². The van der Waals surface area contributed by atoms with Gasteiger partial charge in [0.15, 0.2) is 11.6 Å². The van der Waals surface area contributed by atoms with E-state index in [1.165, 1.54) is 6.26 Å². The number of aromatic nitrogens is 4. The molecule has 1 amide bonds. The maximum atomic E-state index is 12.3. The third kappa shape index (κ3) is 5.52. The minimum absolute atomic E-state index is 0.235. The topological polar surface area (TPSA) is 97.9 Å². The number of halogens is 1. The molecule has 3 heterocycles. The average molecular weight is 544 g/mol. The molecule has 0 aliphatic carbocycles. The van der Waals surface area contributed by atoms with Crippen molar-refractivity contribution < 1.29 is 9.21 Å². The van der Waals surface area contributed by atoms with Gasteiger partial charge in [-0.2, -0.15) is 0 Å². The van der Waals surface area contributed by atoms with Crippen molar-refractivity contribution in [2.45, 2.75) is 19.3 Å². The highest BCUT2D eigenvalue weighted by molar-refractivity contribution is 14.1. The smallest absolute Gasteiger partial charge is 0.273 e. The van der Waals surface area contributed by atoms with Gasteiger partial charge in [0, 0.05) is 55.7 Å². The molecule has 0 bridgehead atoms. The molecule has 32 heavy (non-hydrogen) atoms. The lowest BCUT2D eigenvalue weighted by Crippen LogP contribution is -2.26. The molecule has 3 aromatic heterocycles. The van der Waals surface area contributed by atoms with E-state index in [2.05, 4.69) is 58.8 Å². The molecule has 8 nitrogen and oxygen atoms in total. The molecule has 4 rings (SSSR count). The molecule has 0 saturated carbocycles. The number of hydrogen-bond donors (Lipinski definition) is 2. The monoisotopic (exact) mass is 544 g/mol. The Balaban J connectivity index is 1.17. The number of nitrogens with one attached hydrogen (secondary N) is 2. The molecule has 4 aromatic rings. The largest absolute Gasteiger partial charge is 0.448 e. The van der Waals surface area contributed by atoms with Gasteiger partial charge in [-0.25, -0.2) is 9.97 Å². The maximum absolute atomic E-state index is 12.3. The van der Waals surface area contributed by atoms with Crippen molar-refractivity contribution >= 4 is 39.5 Å². The zero-order valence-electron chi connectivity index (χ0n) is 17.8. The SMILES string of the molecule is Cn1c(CCNCCc2nc(C(=O)NCCc3ncccc3I)co2)nc2ccccc21. The molecule has 166 valence electrons. The quantitative estimate of drug-likeness (QED) is 0.236. The number of rotatable bonds is 10. The van der Waals surface area contributed by atoms with Crippen molar-refractivity contribution in [3.8, 4) is 0 Å². The van der Waals surface area contributed by atoms with Gasteiger partial charge < -0.3 is 19.6 Å². The first-order valence-corrected chi connectivity index (χ1v) is 11.6. The number of amides is 1. The van der Waals surface area contributed by atoms with E-state index in [-0.39, 0.29) is 5.91 Å². The number of para-hydroxylation sites is 2. The minimum atomic E-state index is -0.235. The van der Waals surface area contributed by atoms with Crippen LogP contribution in [0, 0.1) is 3.57 Å². The van der Waals surface area contributed by atoms with Gasteiger partial charge in [-0.05, 0) is 46.9 Å². The number of carbonyl (C=O) groups excluding carboxylic acids is 1. The van der Waals surface area contributed by atoms with Crippen LogP contribution in [0.3, 0.4) is 0 Å². The molecule has 0 radical (unpaired) electrons. The molecule has 0 spiro atoms. The second-order valence-electron chi connectivity index (χ2n) is 7.39. The first-order chi connectivity index (χ1) is 15.6. The summed E-state index contributed by atoms with van der Waals surface area (Å²) in [5, 5.41) is 6.26. The van der Waals surface area contributed by atoms with E-state index in [9.17, 15) is 4.79 Å². The van der Waals surface area contributed by atoms with Gasteiger partial charge in [0.1, 0.15) is 12.1 Å². The van der Waals surface area contributed by atoms with Gasteiger partial charge >= 0.3 is 0 Å². The number of benzene rings is 1. The third-order valence-corrected chi connectivity index (χ3v) is 6.17. The third-order valence-electron chi connectivity index (χ3n) is 5.19. The van der Waals surface area contributed by atoms with E-state index < -0.39 is 0 Å². The van der Waals surface area contributed by atoms with Crippen molar-refractivity contribution in [3.05, 3.63) is 75.5 Å². The van der Waals surface area contributed by atoms with Crippen LogP contribution in [0.1, 0.15) is 27.9 Å². The fraction of sp³-hybridized carbons (Fsp3) is 0.304. The summed E-state index contributed by atoms with van der Waals surface area (Å²) in [4.78, 5) is 25.6. The van der Waals surface area contributed by atoms with Crippen LogP contribution in [0.2, 0.25) is 0 Å². The molecule has 2 N–H and O–H groups in total. The summed E-state index contributed by atoms with van der Waals surface area (Å²) in [5.74, 6) is 1.36. The number of oxazole rings is 1. The summed E-state index contributed by atoms with van der Waals surface area (Å²) in [6.07, 6.45) is 5.29. The summed E-state index contributed by atoms with van der Waals surface area (Å²) >= 11 is 2.25. The molecular weight excluding hydrogens is 519 g/mol. The van der Waals surface area contributed by atoms with Crippen molar-refractivity contribution in [2.24, 2.45) is 7.05 Å². The number of imidazole rings is 1. The lowest BCUT2D eigenvalue weighted by molar-refractivity contribution is 0.0949. The van der Waals surface area contributed by atoms with E-state index >= 15 is 0 Å².